The van der Waals surface area contributed by atoms with E-state index in [2.05, 4.69) is 24.1 Å². The van der Waals surface area contributed by atoms with Crippen molar-refractivity contribution < 1.29 is 9.90 Å². The minimum atomic E-state index is -0.830. The lowest BCUT2D eigenvalue weighted by molar-refractivity contribution is 0.0700. The van der Waals surface area contributed by atoms with Crippen molar-refractivity contribution >= 4 is 17.3 Å². The van der Waals surface area contributed by atoms with Gasteiger partial charge in [-0.3, -0.25) is 0 Å². The quantitative estimate of drug-likeness (QED) is 0.880. The first-order chi connectivity index (χ1) is 8.58. The highest BCUT2D eigenvalue weighted by atomic mass is 32.1. The highest BCUT2D eigenvalue weighted by Crippen LogP contribution is 2.31. The number of aromatic nitrogens is 1. The van der Waals surface area contributed by atoms with Crippen molar-refractivity contribution in [1.29, 1.82) is 0 Å². The third kappa shape index (κ3) is 3.09. The molecular weight excluding hydrogens is 248 g/mol. The summed E-state index contributed by atoms with van der Waals surface area (Å²) in [4.78, 5) is 16.3. The number of carbonyl (C=O) groups is 1. The van der Waals surface area contributed by atoms with Gasteiger partial charge in [-0.15, -0.1) is 11.3 Å². The van der Waals surface area contributed by atoms with E-state index in [1.54, 1.807) is 0 Å². The fourth-order valence-electron chi connectivity index (χ4n) is 2.31. The second-order valence-electron chi connectivity index (χ2n) is 5.26. The number of hydrogen-bond donors (Lipinski definition) is 2. The van der Waals surface area contributed by atoms with E-state index in [0.717, 1.165) is 43.1 Å². The Labute approximate surface area is 111 Å². The summed E-state index contributed by atoms with van der Waals surface area (Å²) in [6, 6.07) is 0. The Kier molecular flexibility index (Phi) is 4.35. The molecule has 0 aromatic carbocycles. The zero-order valence-corrected chi connectivity index (χ0v) is 11.7. The molecule has 4 nitrogen and oxygen atoms in total. The molecule has 0 unspecified atom stereocenters. The second-order valence-corrected chi connectivity index (χ2v) is 6.29. The van der Waals surface area contributed by atoms with E-state index < -0.39 is 5.97 Å². The van der Waals surface area contributed by atoms with Crippen LogP contribution in [-0.2, 0) is 6.42 Å². The first-order valence-electron chi connectivity index (χ1n) is 6.51. The third-order valence-electron chi connectivity index (χ3n) is 3.20. The Morgan fingerprint density at radius 3 is 2.72 bits per heavy atom. The monoisotopic (exact) mass is 268 g/mol. The maximum Gasteiger partial charge on any atom is 0.347 e. The Balaban J connectivity index is 2.23. The van der Waals surface area contributed by atoms with Crippen LogP contribution in [0, 0.1) is 5.92 Å². The summed E-state index contributed by atoms with van der Waals surface area (Å²) < 4.78 is 0. The lowest BCUT2D eigenvalue weighted by atomic mass is 9.99. The predicted molar refractivity (Wildman–Crippen MR) is 72.5 cm³/mol. The van der Waals surface area contributed by atoms with Crippen molar-refractivity contribution in [2.75, 3.05) is 13.1 Å². The first kappa shape index (κ1) is 13.5. The first-order valence-corrected chi connectivity index (χ1v) is 7.33. The van der Waals surface area contributed by atoms with Crippen molar-refractivity contribution in [2.45, 2.75) is 39.0 Å². The van der Waals surface area contributed by atoms with E-state index in [1.807, 2.05) is 0 Å². The molecule has 100 valence electrons. The molecule has 0 saturated carbocycles. The van der Waals surface area contributed by atoms with Crippen LogP contribution in [-0.4, -0.2) is 29.1 Å². The van der Waals surface area contributed by atoms with Gasteiger partial charge in [0.15, 0.2) is 0 Å². The number of carboxylic acid groups (broad SMARTS) is 1. The van der Waals surface area contributed by atoms with E-state index in [4.69, 9.17) is 0 Å². The molecule has 2 heterocycles. The summed E-state index contributed by atoms with van der Waals surface area (Å²) in [6.45, 7) is 6.20. The Morgan fingerprint density at radius 1 is 1.50 bits per heavy atom. The fourth-order valence-corrected chi connectivity index (χ4v) is 3.41. The van der Waals surface area contributed by atoms with Crippen LogP contribution in [0.4, 0.5) is 0 Å². The molecule has 5 heteroatoms. The summed E-state index contributed by atoms with van der Waals surface area (Å²) in [5.74, 6) is 0.0460. The number of nitrogens with zero attached hydrogens (tertiary/aromatic N) is 1. The molecule has 1 aliphatic heterocycles. The van der Waals surface area contributed by atoms with E-state index in [1.165, 1.54) is 11.3 Å². The number of piperidine rings is 1. The minimum Gasteiger partial charge on any atom is -0.477 e. The van der Waals surface area contributed by atoms with Crippen LogP contribution in [0.1, 0.15) is 53.0 Å². The van der Waals surface area contributed by atoms with Crippen molar-refractivity contribution in [2.24, 2.45) is 5.92 Å². The van der Waals surface area contributed by atoms with Gasteiger partial charge in [0.05, 0.1) is 10.7 Å². The highest BCUT2D eigenvalue weighted by molar-refractivity contribution is 7.13. The molecule has 0 atom stereocenters. The van der Waals surface area contributed by atoms with E-state index in [-0.39, 0.29) is 0 Å². The van der Waals surface area contributed by atoms with Gasteiger partial charge in [0.2, 0.25) is 0 Å². The molecule has 2 rings (SSSR count). The molecule has 1 saturated heterocycles. The second kappa shape index (κ2) is 5.80. The van der Waals surface area contributed by atoms with Gasteiger partial charge in [0.1, 0.15) is 4.88 Å². The fraction of sp³-hybridized carbons (Fsp3) is 0.692. The molecule has 2 N–H and O–H groups in total. The SMILES string of the molecule is CC(C)Cc1nc(C2CCNCC2)sc1C(=O)O. The van der Waals surface area contributed by atoms with Gasteiger partial charge in [-0.2, -0.15) is 0 Å². The van der Waals surface area contributed by atoms with Gasteiger partial charge in [-0.05, 0) is 38.3 Å². The Hall–Kier alpha value is -0.940. The largest absolute Gasteiger partial charge is 0.477 e. The number of aromatic carboxylic acids is 1. The summed E-state index contributed by atoms with van der Waals surface area (Å²) in [5.41, 5.74) is 0.774. The molecule has 0 aliphatic carbocycles. The normalized spacial score (nSPS) is 17.3. The van der Waals surface area contributed by atoms with Crippen molar-refractivity contribution in [3.63, 3.8) is 0 Å². The van der Waals surface area contributed by atoms with Crippen LogP contribution in [0.5, 0.6) is 0 Å². The number of nitrogens with one attached hydrogen (secondary N) is 1. The molecule has 1 aromatic heterocycles. The lowest BCUT2D eigenvalue weighted by Gasteiger charge is -2.20. The van der Waals surface area contributed by atoms with Crippen LogP contribution in [0.2, 0.25) is 0 Å². The molecule has 18 heavy (non-hydrogen) atoms. The Bertz CT molecular complexity index is 423. The van der Waals surface area contributed by atoms with Crippen LogP contribution < -0.4 is 5.32 Å². The number of carboxylic acids is 1. The zero-order chi connectivity index (χ0) is 13.1. The smallest absolute Gasteiger partial charge is 0.347 e. The summed E-state index contributed by atoms with van der Waals surface area (Å²) in [7, 11) is 0. The Morgan fingerprint density at radius 2 is 2.17 bits per heavy atom. The molecule has 0 spiro atoms. The van der Waals surface area contributed by atoms with Gasteiger partial charge < -0.3 is 10.4 Å². The third-order valence-corrected chi connectivity index (χ3v) is 4.45. The van der Waals surface area contributed by atoms with E-state index >= 15 is 0 Å². The maximum atomic E-state index is 11.3. The van der Waals surface area contributed by atoms with Gasteiger partial charge in [-0.25, -0.2) is 9.78 Å². The van der Waals surface area contributed by atoms with Gasteiger partial charge in [-0.1, -0.05) is 13.8 Å². The summed E-state index contributed by atoms with van der Waals surface area (Å²) in [6.07, 6.45) is 2.88. The van der Waals surface area contributed by atoms with Crippen molar-refractivity contribution in [3.8, 4) is 0 Å². The minimum absolute atomic E-state index is 0.436. The van der Waals surface area contributed by atoms with Crippen molar-refractivity contribution in [3.05, 3.63) is 15.6 Å². The zero-order valence-electron chi connectivity index (χ0n) is 10.9. The molecule has 0 amide bonds. The van der Waals surface area contributed by atoms with Crippen LogP contribution in [0.25, 0.3) is 0 Å². The average Bonchev–Trinajstić information content (AvgIpc) is 2.73. The lowest BCUT2D eigenvalue weighted by Crippen LogP contribution is -2.26. The highest BCUT2D eigenvalue weighted by Gasteiger charge is 2.24. The summed E-state index contributed by atoms with van der Waals surface area (Å²) >= 11 is 1.38. The van der Waals surface area contributed by atoms with Crippen molar-refractivity contribution in [1.82, 2.24) is 10.3 Å². The molecule has 1 aromatic rings. The number of hydrogen-bond acceptors (Lipinski definition) is 4. The van der Waals surface area contributed by atoms with Crippen LogP contribution in [0.15, 0.2) is 0 Å². The summed E-state index contributed by atoms with van der Waals surface area (Å²) in [5, 5.41) is 13.6. The number of thiazole rings is 1. The molecule has 0 radical (unpaired) electrons. The van der Waals surface area contributed by atoms with E-state index in [0.29, 0.717) is 16.7 Å². The number of rotatable bonds is 4. The van der Waals surface area contributed by atoms with Crippen LogP contribution >= 0.6 is 11.3 Å². The van der Waals surface area contributed by atoms with Gasteiger partial charge in [0, 0.05) is 5.92 Å². The van der Waals surface area contributed by atoms with Gasteiger partial charge in [0.25, 0.3) is 0 Å². The molecular formula is C13H20N2O2S. The van der Waals surface area contributed by atoms with E-state index in [9.17, 15) is 9.90 Å². The maximum absolute atomic E-state index is 11.3. The van der Waals surface area contributed by atoms with Gasteiger partial charge >= 0.3 is 5.97 Å². The standard InChI is InChI=1S/C13H20N2O2S/c1-8(2)7-10-11(13(16)17)18-12(15-10)9-3-5-14-6-4-9/h8-9,14H,3-7H2,1-2H3,(H,16,17). The molecule has 1 aliphatic rings. The predicted octanol–water partition coefficient (Wildman–Crippen LogP) is 2.51. The topological polar surface area (TPSA) is 62.2 Å². The molecule has 0 bridgehead atoms. The molecule has 1 fully saturated rings. The average molecular weight is 268 g/mol. The van der Waals surface area contributed by atoms with Crippen LogP contribution in [0.3, 0.4) is 0 Å².